The summed E-state index contributed by atoms with van der Waals surface area (Å²) < 4.78 is 40.9. The quantitative estimate of drug-likeness (QED) is 0.756. The Morgan fingerprint density at radius 1 is 1.24 bits per heavy atom. The van der Waals surface area contributed by atoms with Gasteiger partial charge in [0.25, 0.3) is 10.0 Å². The summed E-state index contributed by atoms with van der Waals surface area (Å²) >= 11 is 4.46. The van der Waals surface area contributed by atoms with Crippen molar-refractivity contribution in [3.8, 4) is 0 Å². The normalized spacial score (nSPS) is 13.6. The van der Waals surface area contributed by atoms with Crippen LogP contribution in [0.1, 0.15) is 25.5 Å². The lowest BCUT2D eigenvalue weighted by Crippen LogP contribution is -2.33. The second kappa shape index (κ2) is 6.56. The van der Waals surface area contributed by atoms with Crippen LogP contribution in [0.25, 0.3) is 0 Å². The summed E-state index contributed by atoms with van der Waals surface area (Å²) in [6, 6.07) is 8.85. The Balaban J connectivity index is 2.36. The topological polar surface area (TPSA) is 37.4 Å². The molecule has 3 nitrogen and oxygen atoms in total. The lowest BCUT2D eigenvalue weighted by molar-refractivity contribution is 0.358. The van der Waals surface area contributed by atoms with E-state index in [9.17, 15) is 12.8 Å². The van der Waals surface area contributed by atoms with Gasteiger partial charge in [-0.3, -0.25) is 0 Å². The van der Waals surface area contributed by atoms with Gasteiger partial charge in [0.2, 0.25) is 0 Å². The van der Waals surface area contributed by atoms with Gasteiger partial charge in [0.15, 0.2) is 0 Å². The maximum Gasteiger partial charge on any atom is 0.253 e. The van der Waals surface area contributed by atoms with Crippen molar-refractivity contribution in [2.75, 3.05) is 6.54 Å². The van der Waals surface area contributed by atoms with Gasteiger partial charge in [-0.15, -0.1) is 11.3 Å². The second-order valence-corrected chi connectivity index (χ2v) is 9.07. The van der Waals surface area contributed by atoms with Gasteiger partial charge in [-0.25, -0.2) is 12.8 Å². The Morgan fingerprint density at radius 2 is 1.86 bits per heavy atom. The van der Waals surface area contributed by atoms with Crippen LogP contribution in [0, 0.1) is 5.82 Å². The molecule has 1 atom stereocenters. The zero-order chi connectivity index (χ0) is 15.6. The minimum absolute atomic E-state index is 0.296. The standard InChI is InChI=1S/C14H15BrFNO2S2/c1-3-17(10(2)11-4-6-12(16)7-5-11)21(18,19)14-9-8-13(15)20-14/h4-10H,3H2,1-2H3. The van der Waals surface area contributed by atoms with E-state index in [4.69, 9.17) is 0 Å². The first kappa shape index (κ1) is 16.6. The average molecular weight is 392 g/mol. The predicted octanol–water partition coefficient (Wildman–Crippen LogP) is 4.42. The smallest absolute Gasteiger partial charge is 0.207 e. The van der Waals surface area contributed by atoms with Crippen molar-refractivity contribution in [1.29, 1.82) is 0 Å². The van der Waals surface area contributed by atoms with Crippen molar-refractivity contribution < 1.29 is 12.8 Å². The first-order valence-electron chi connectivity index (χ1n) is 6.39. The summed E-state index contributed by atoms with van der Waals surface area (Å²) in [4.78, 5) is 0. The maximum atomic E-state index is 13.0. The monoisotopic (exact) mass is 391 g/mol. The van der Waals surface area contributed by atoms with E-state index in [1.807, 2.05) is 0 Å². The molecular weight excluding hydrogens is 377 g/mol. The Bertz CT molecular complexity index is 713. The van der Waals surface area contributed by atoms with Gasteiger partial charge in [-0.05, 0) is 52.7 Å². The largest absolute Gasteiger partial charge is 0.253 e. The second-order valence-electron chi connectivity index (χ2n) is 4.49. The molecule has 1 unspecified atom stereocenters. The molecule has 2 rings (SSSR count). The number of halogens is 2. The zero-order valence-corrected chi connectivity index (χ0v) is 14.8. The lowest BCUT2D eigenvalue weighted by atomic mass is 10.1. The highest BCUT2D eigenvalue weighted by Crippen LogP contribution is 2.32. The first-order chi connectivity index (χ1) is 9.86. The van der Waals surface area contributed by atoms with Gasteiger partial charge in [0.05, 0.1) is 3.79 Å². The maximum absolute atomic E-state index is 13.0. The minimum Gasteiger partial charge on any atom is -0.207 e. The summed E-state index contributed by atoms with van der Waals surface area (Å²) in [6.07, 6.45) is 0. The van der Waals surface area contributed by atoms with Crippen molar-refractivity contribution in [3.05, 3.63) is 51.6 Å². The minimum atomic E-state index is -3.56. The number of sulfonamides is 1. The predicted molar refractivity (Wildman–Crippen MR) is 86.4 cm³/mol. The lowest BCUT2D eigenvalue weighted by Gasteiger charge is -2.26. The molecule has 0 N–H and O–H groups in total. The Labute approximate surface area is 136 Å². The van der Waals surface area contributed by atoms with Crippen LogP contribution in [0.5, 0.6) is 0 Å². The van der Waals surface area contributed by atoms with Crippen molar-refractivity contribution in [3.63, 3.8) is 0 Å². The molecule has 0 aliphatic heterocycles. The van der Waals surface area contributed by atoms with Crippen LogP contribution in [-0.4, -0.2) is 19.3 Å². The van der Waals surface area contributed by atoms with E-state index in [2.05, 4.69) is 15.9 Å². The molecule has 1 aromatic carbocycles. The van der Waals surface area contributed by atoms with Gasteiger partial charge >= 0.3 is 0 Å². The Morgan fingerprint density at radius 3 is 2.33 bits per heavy atom. The molecule has 0 amide bonds. The van der Waals surface area contributed by atoms with Crippen LogP contribution in [0.3, 0.4) is 0 Å². The Hall–Kier alpha value is -0.760. The van der Waals surface area contributed by atoms with Gasteiger partial charge < -0.3 is 0 Å². The molecule has 0 fully saturated rings. The van der Waals surface area contributed by atoms with E-state index in [-0.39, 0.29) is 11.9 Å². The number of rotatable bonds is 5. The molecule has 0 bridgehead atoms. The molecule has 0 saturated carbocycles. The molecule has 7 heteroatoms. The van der Waals surface area contributed by atoms with E-state index in [0.717, 1.165) is 9.35 Å². The molecule has 21 heavy (non-hydrogen) atoms. The molecule has 0 radical (unpaired) electrons. The fraction of sp³-hybridized carbons (Fsp3) is 0.286. The summed E-state index contributed by atoms with van der Waals surface area (Å²) in [5, 5.41) is 0. The van der Waals surface area contributed by atoms with Crippen LogP contribution < -0.4 is 0 Å². The van der Waals surface area contributed by atoms with Crippen LogP contribution in [-0.2, 0) is 10.0 Å². The van der Waals surface area contributed by atoms with E-state index < -0.39 is 10.0 Å². The average Bonchev–Trinajstić information content (AvgIpc) is 2.87. The van der Waals surface area contributed by atoms with Crippen molar-refractivity contribution in [2.45, 2.75) is 24.1 Å². The highest BCUT2D eigenvalue weighted by molar-refractivity contribution is 9.11. The number of thiophene rings is 1. The molecule has 2 aromatic rings. The molecule has 0 aliphatic carbocycles. The number of hydrogen-bond acceptors (Lipinski definition) is 3. The van der Waals surface area contributed by atoms with Crippen LogP contribution in [0.4, 0.5) is 4.39 Å². The van der Waals surface area contributed by atoms with Gasteiger partial charge in [0.1, 0.15) is 10.0 Å². The van der Waals surface area contributed by atoms with E-state index in [0.29, 0.717) is 10.8 Å². The summed E-state index contributed by atoms with van der Waals surface area (Å²) in [6.45, 7) is 3.94. The summed E-state index contributed by atoms with van der Waals surface area (Å²) in [5.41, 5.74) is 0.762. The number of hydrogen-bond donors (Lipinski definition) is 0. The van der Waals surface area contributed by atoms with Gasteiger partial charge in [0, 0.05) is 12.6 Å². The highest BCUT2D eigenvalue weighted by atomic mass is 79.9. The third kappa shape index (κ3) is 3.53. The highest BCUT2D eigenvalue weighted by Gasteiger charge is 2.29. The summed E-state index contributed by atoms with van der Waals surface area (Å²) in [7, 11) is -3.56. The molecule has 1 heterocycles. The number of nitrogens with zero attached hydrogens (tertiary/aromatic N) is 1. The van der Waals surface area contributed by atoms with E-state index >= 15 is 0 Å². The van der Waals surface area contributed by atoms with Crippen LogP contribution in [0.2, 0.25) is 0 Å². The molecular formula is C14H15BrFNO2S2. The fourth-order valence-electron chi connectivity index (χ4n) is 2.11. The third-order valence-corrected chi connectivity index (χ3v) is 7.34. The van der Waals surface area contributed by atoms with Crippen molar-refractivity contribution >= 4 is 37.3 Å². The van der Waals surface area contributed by atoms with Gasteiger partial charge in [-0.2, -0.15) is 4.31 Å². The van der Waals surface area contributed by atoms with Crippen LogP contribution >= 0.6 is 27.3 Å². The third-order valence-electron chi connectivity index (χ3n) is 3.21. The SMILES string of the molecule is CCN(C(C)c1ccc(F)cc1)S(=O)(=O)c1ccc(Br)s1. The summed E-state index contributed by atoms with van der Waals surface area (Å²) in [5.74, 6) is -0.334. The zero-order valence-electron chi connectivity index (χ0n) is 11.6. The fourth-order valence-corrected chi connectivity index (χ4v) is 5.88. The van der Waals surface area contributed by atoms with Crippen LogP contribution in [0.15, 0.2) is 44.4 Å². The molecule has 114 valence electrons. The van der Waals surface area contributed by atoms with E-state index in [1.54, 1.807) is 38.1 Å². The molecule has 0 saturated heterocycles. The molecule has 0 spiro atoms. The van der Waals surface area contributed by atoms with E-state index in [1.165, 1.54) is 27.8 Å². The van der Waals surface area contributed by atoms with Crippen molar-refractivity contribution in [1.82, 2.24) is 4.31 Å². The Kier molecular flexibility index (Phi) is 5.19. The molecule has 0 aliphatic rings. The van der Waals surface area contributed by atoms with Gasteiger partial charge in [-0.1, -0.05) is 19.1 Å². The number of benzene rings is 1. The molecule has 1 aromatic heterocycles. The first-order valence-corrected chi connectivity index (χ1v) is 9.44. The van der Waals surface area contributed by atoms with Crippen molar-refractivity contribution in [2.24, 2.45) is 0 Å².